The first kappa shape index (κ1) is 26.4. The minimum Gasteiger partial charge on any atom is -0.384 e. The van der Waals surface area contributed by atoms with Crippen LogP contribution < -0.4 is 16.0 Å². The summed E-state index contributed by atoms with van der Waals surface area (Å²) >= 11 is 0. The molecule has 4 amide bonds. The van der Waals surface area contributed by atoms with Crippen molar-refractivity contribution in [1.82, 2.24) is 24.8 Å². The van der Waals surface area contributed by atoms with Gasteiger partial charge in [0, 0.05) is 32.7 Å². The molecule has 3 atom stereocenters. The van der Waals surface area contributed by atoms with Gasteiger partial charge in [0.25, 0.3) is 5.91 Å². The fourth-order valence-corrected chi connectivity index (χ4v) is 5.25. The Morgan fingerprint density at radius 3 is 2.51 bits per heavy atom. The summed E-state index contributed by atoms with van der Waals surface area (Å²) in [4.78, 5) is 49.6. The first-order valence-electron chi connectivity index (χ1n) is 12.1. The van der Waals surface area contributed by atoms with Crippen LogP contribution in [-0.4, -0.2) is 62.6 Å². The Kier molecular flexibility index (Phi) is 7.42. The zero-order valence-electron chi connectivity index (χ0n) is 20.6. The first-order valence-corrected chi connectivity index (χ1v) is 12.1. The zero-order valence-corrected chi connectivity index (χ0v) is 20.6. The fraction of sp³-hybridized carbons (Fsp3) is 0.542. The van der Waals surface area contributed by atoms with Crippen LogP contribution in [0.1, 0.15) is 37.7 Å². The number of urea groups is 1. The minimum absolute atomic E-state index is 0.0610. The lowest BCUT2D eigenvalue weighted by molar-refractivity contribution is -0.170. The lowest BCUT2D eigenvalue weighted by atomic mass is 9.81. The number of aryl methyl sites for hydroxylation is 1. The summed E-state index contributed by atoms with van der Waals surface area (Å²) in [5.74, 6) is -2.66. The fourth-order valence-electron chi connectivity index (χ4n) is 5.25. The summed E-state index contributed by atoms with van der Waals surface area (Å²) in [5.41, 5.74) is 6.34. The van der Waals surface area contributed by atoms with Crippen LogP contribution in [0.15, 0.2) is 30.7 Å². The van der Waals surface area contributed by atoms with E-state index in [9.17, 15) is 27.6 Å². The van der Waals surface area contributed by atoms with E-state index in [4.69, 9.17) is 5.73 Å². The van der Waals surface area contributed by atoms with Crippen LogP contribution in [0.3, 0.4) is 0 Å². The number of rotatable bonds is 6. The van der Waals surface area contributed by atoms with E-state index >= 15 is 0 Å². The topological polar surface area (TPSA) is 126 Å². The zero-order chi connectivity index (χ0) is 26.9. The number of nitrogen functional groups attached to an aromatic ring is 1. The standard InChI is InChI=1S/C24H30F3N7O3/c1-32-11-10-30-22(32)33(2)21(36)18-16(12-14-8-9-29-17(28)13-14)20(35)34(18)23(37)31-19(24(25,26)27)15-6-4-3-5-7-15/h8-11,13,15-16,18-19H,3-7,12H2,1-2H3,(H2,28,29)(H,31,37)/t16-,18+,19+/m1/s1. The number of halogens is 3. The average molecular weight is 522 g/mol. The number of hydrogen-bond acceptors (Lipinski definition) is 6. The Morgan fingerprint density at radius 2 is 1.92 bits per heavy atom. The monoisotopic (exact) mass is 521 g/mol. The molecular weight excluding hydrogens is 491 g/mol. The highest BCUT2D eigenvalue weighted by Crippen LogP contribution is 2.37. The van der Waals surface area contributed by atoms with E-state index in [2.05, 4.69) is 9.97 Å². The lowest BCUT2D eigenvalue weighted by Crippen LogP contribution is -2.71. The number of likely N-dealkylation sites (N-methyl/N-ethyl adjacent to an activating group) is 1. The number of carbonyl (C=O) groups excluding carboxylic acids is 3. The summed E-state index contributed by atoms with van der Waals surface area (Å²) in [7, 11) is 3.10. The van der Waals surface area contributed by atoms with Crippen LogP contribution >= 0.6 is 0 Å². The quantitative estimate of drug-likeness (QED) is 0.563. The van der Waals surface area contributed by atoms with Crippen molar-refractivity contribution in [1.29, 1.82) is 0 Å². The van der Waals surface area contributed by atoms with Crippen LogP contribution in [0.4, 0.5) is 29.7 Å². The van der Waals surface area contributed by atoms with Gasteiger partial charge in [-0.15, -0.1) is 0 Å². The Hall–Kier alpha value is -3.64. The van der Waals surface area contributed by atoms with Crippen LogP contribution in [-0.2, 0) is 23.1 Å². The Labute approximate surface area is 212 Å². The molecule has 1 saturated carbocycles. The summed E-state index contributed by atoms with van der Waals surface area (Å²) in [6, 6.07) is -1.48. The molecule has 0 radical (unpaired) electrons. The summed E-state index contributed by atoms with van der Waals surface area (Å²) in [6.07, 6.45) is 2.70. The second-order valence-corrected chi connectivity index (χ2v) is 9.65. The largest absolute Gasteiger partial charge is 0.408 e. The van der Waals surface area contributed by atoms with Crippen LogP contribution in [0.2, 0.25) is 0 Å². The number of likely N-dealkylation sites (tertiary alicyclic amines) is 1. The molecule has 3 heterocycles. The predicted octanol–water partition coefficient (Wildman–Crippen LogP) is 2.65. The molecule has 2 aliphatic rings. The molecule has 1 saturated heterocycles. The number of imide groups is 1. The van der Waals surface area contributed by atoms with E-state index in [1.54, 1.807) is 29.9 Å². The third-order valence-corrected chi connectivity index (χ3v) is 7.17. The van der Waals surface area contributed by atoms with Gasteiger partial charge in [-0.1, -0.05) is 19.3 Å². The SMILES string of the molecule is CN(C(=O)[C@@H]1[C@@H](Cc2ccnc(N)c2)C(=O)N1C(=O)N[C@@H](C1CCCCC1)C(F)(F)F)c1nccn1C. The molecule has 2 aromatic heterocycles. The Bertz CT molecular complexity index is 1160. The van der Waals surface area contributed by atoms with E-state index in [0.29, 0.717) is 36.1 Å². The number of pyridine rings is 1. The number of nitrogens with two attached hydrogens (primary N) is 1. The van der Waals surface area contributed by atoms with E-state index in [1.165, 1.54) is 24.3 Å². The number of β-lactam (4-membered cyclic amide) rings is 1. The van der Waals surface area contributed by atoms with Gasteiger partial charge in [0.05, 0.1) is 5.92 Å². The van der Waals surface area contributed by atoms with Gasteiger partial charge < -0.3 is 15.6 Å². The molecule has 1 aliphatic carbocycles. The van der Waals surface area contributed by atoms with E-state index in [0.717, 1.165) is 6.42 Å². The lowest BCUT2D eigenvalue weighted by Gasteiger charge is -2.46. The van der Waals surface area contributed by atoms with E-state index in [-0.39, 0.29) is 18.2 Å². The van der Waals surface area contributed by atoms with Gasteiger partial charge in [-0.3, -0.25) is 19.4 Å². The number of carbonyl (C=O) groups is 3. The number of amides is 4. The third kappa shape index (κ3) is 5.39. The Morgan fingerprint density at radius 1 is 1.22 bits per heavy atom. The molecule has 0 unspecified atom stereocenters. The molecule has 0 bridgehead atoms. The molecule has 1 aliphatic heterocycles. The number of imidazole rings is 1. The number of aromatic nitrogens is 3. The molecule has 37 heavy (non-hydrogen) atoms. The number of anilines is 2. The molecule has 10 nitrogen and oxygen atoms in total. The highest BCUT2D eigenvalue weighted by molar-refractivity contribution is 6.12. The number of hydrogen-bond donors (Lipinski definition) is 2. The van der Waals surface area contributed by atoms with Crippen molar-refractivity contribution in [3.8, 4) is 0 Å². The predicted molar refractivity (Wildman–Crippen MR) is 128 cm³/mol. The molecule has 0 aromatic carbocycles. The highest BCUT2D eigenvalue weighted by atomic mass is 19.4. The minimum atomic E-state index is -4.69. The summed E-state index contributed by atoms with van der Waals surface area (Å²) < 4.78 is 43.4. The maximum atomic E-state index is 13.9. The van der Waals surface area contributed by atoms with Crippen LogP contribution in [0.25, 0.3) is 0 Å². The van der Waals surface area contributed by atoms with E-state index < -0.39 is 47.9 Å². The average Bonchev–Trinajstić information content (AvgIpc) is 3.28. The van der Waals surface area contributed by atoms with Crippen LogP contribution in [0.5, 0.6) is 0 Å². The van der Waals surface area contributed by atoms with Gasteiger partial charge in [-0.25, -0.2) is 14.8 Å². The molecule has 4 rings (SSSR count). The second-order valence-electron chi connectivity index (χ2n) is 9.65. The van der Waals surface area contributed by atoms with Crippen LogP contribution in [0, 0.1) is 11.8 Å². The van der Waals surface area contributed by atoms with Gasteiger partial charge in [-0.05, 0) is 42.9 Å². The molecular formula is C24H30F3N7O3. The van der Waals surface area contributed by atoms with Gasteiger partial charge in [0.1, 0.15) is 17.9 Å². The molecule has 2 aromatic rings. The van der Waals surface area contributed by atoms with Gasteiger partial charge in [-0.2, -0.15) is 13.2 Å². The maximum absolute atomic E-state index is 13.9. The summed E-state index contributed by atoms with van der Waals surface area (Å²) in [5, 5.41) is 2.04. The highest BCUT2D eigenvalue weighted by Gasteiger charge is 2.57. The van der Waals surface area contributed by atoms with Crippen molar-refractivity contribution < 1.29 is 27.6 Å². The second kappa shape index (κ2) is 10.4. The van der Waals surface area contributed by atoms with E-state index in [1.807, 2.05) is 5.32 Å². The smallest absolute Gasteiger partial charge is 0.384 e. The molecule has 200 valence electrons. The van der Waals surface area contributed by atoms with Crippen molar-refractivity contribution in [2.24, 2.45) is 18.9 Å². The molecule has 3 N–H and O–H groups in total. The normalized spacial score (nSPS) is 21.3. The first-order chi connectivity index (χ1) is 17.5. The Balaban J connectivity index is 1.60. The van der Waals surface area contributed by atoms with Gasteiger partial charge in [0.2, 0.25) is 11.9 Å². The van der Waals surface area contributed by atoms with Gasteiger partial charge in [0.15, 0.2) is 0 Å². The number of nitrogens with zero attached hydrogens (tertiary/aromatic N) is 5. The van der Waals surface area contributed by atoms with Crippen molar-refractivity contribution in [2.75, 3.05) is 17.7 Å². The van der Waals surface area contributed by atoms with Crippen molar-refractivity contribution >= 4 is 29.6 Å². The molecule has 0 spiro atoms. The molecule has 2 fully saturated rings. The van der Waals surface area contributed by atoms with Gasteiger partial charge >= 0.3 is 12.2 Å². The third-order valence-electron chi connectivity index (χ3n) is 7.17. The molecule has 13 heteroatoms. The van der Waals surface area contributed by atoms with Crippen molar-refractivity contribution in [2.45, 2.75) is 56.8 Å². The number of alkyl halides is 3. The summed E-state index contributed by atoms with van der Waals surface area (Å²) in [6.45, 7) is 0. The van der Waals surface area contributed by atoms with Crippen molar-refractivity contribution in [3.05, 3.63) is 36.3 Å². The van der Waals surface area contributed by atoms with Crippen molar-refractivity contribution in [3.63, 3.8) is 0 Å². The maximum Gasteiger partial charge on any atom is 0.408 e. The number of nitrogens with one attached hydrogen (secondary N) is 1.